The Kier molecular flexibility index (Phi) is 7.91. The fourth-order valence-electron chi connectivity index (χ4n) is 2.34. The van der Waals surface area contributed by atoms with Crippen LogP contribution in [0.1, 0.15) is 52.5 Å². The molecule has 0 spiro atoms. The smallest absolute Gasteiger partial charge is 0.407 e. The van der Waals surface area contributed by atoms with Gasteiger partial charge in [-0.05, 0) is 53.0 Å². The number of rotatable bonds is 8. The van der Waals surface area contributed by atoms with Crippen LogP contribution in [0.4, 0.5) is 16.2 Å². The first-order chi connectivity index (χ1) is 12.1. The Morgan fingerprint density at radius 3 is 2.65 bits per heavy atom. The zero-order chi connectivity index (χ0) is 19.7. The van der Waals surface area contributed by atoms with E-state index in [0.29, 0.717) is 24.3 Å². The summed E-state index contributed by atoms with van der Waals surface area (Å²) in [6, 6.07) is 4.66. The maximum Gasteiger partial charge on any atom is 0.407 e. The van der Waals surface area contributed by atoms with Crippen LogP contribution in [0.2, 0.25) is 0 Å². The molecule has 0 aliphatic rings. The van der Waals surface area contributed by atoms with Gasteiger partial charge in [-0.3, -0.25) is 10.1 Å². The van der Waals surface area contributed by atoms with Crippen LogP contribution in [0.25, 0.3) is 0 Å². The number of hydrogen-bond donors (Lipinski definition) is 2. The maximum absolute atomic E-state index is 11.5. The molecule has 0 aliphatic heterocycles. The number of nitro groups is 1. The minimum absolute atomic E-state index is 0.00778. The molecule has 0 bridgehead atoms. The van der Waals surface area contributed by atoms with Crippen molar-refractivity contribution >= 4 is 17.5 Å². The Bertz CT molecular complexity index is 674. The topological polar surface area (TPSA) is 93.5 Å². The fourth-order valence-corrected chi connectivity index (χ4v) is 2.34. The van der Waals surface area contributed by atoms with Crippen molar-refractivity contribution in [2.24, 2.45) is 0 Å². The Labute approximate surface area is 154 Å². The first-order valence-corrected chi connectivity index (χ1v) is 8.59. The lowest BCUT2D eigenvalue weighted by Crippen LogP contribution is -2.41. The number of para-hydroxylation sites is 1. The van der Waals surface area contributed by atoms with E-state index in [1.54, 1.807) is 12.1 Å². The van der Waals surface area contributed by atoms with Crippen LogP contribution in [0.15, 0.2) is 18.2 Å². The van der Waals surface area contributed by atoms with Crippen LogP contribution in [0.3, 0.4) is 0 Å². The highest BCUT2D eigenvalue weighted by Gasteiger charge is 2.18. The van der Waals surface area contributed by atoms with Gasteiger partial charge in [0.2, 0.25) is 0 Å². The van der Waals surface area contributed by atoms with E-state index in [0.717, 1.165) is 12.8 Å². The van der Waals surface area contributed by atoms with Crippen LogP contribution >= 0.6 is 0 Å². The van der Waals surface area contributed by atoms with Crippen LogP contribution in [0.5, 0.6) is 0 Å². The van der Waals surface area contributed by atoms with Crippen molar-refractivity contribution < 1.29 is 14.5 Å². The maximum atomic E-state index is 11.5. The average molecular weight is 361 g/mol. The minimum atomic E-state index is -0.447. The van der Waals surface area contributed by atoms with Gasteiger partial charge in [0, 0.05) is 17.6 Å². The molecule has 0 fully saturated rings. The van der Waals surface area contributed by atoms with Gasteiger partial charge in [-0.15, -0.1) is 6.42 Å². The molecule has 0 radical (unpaired) electrons. The summed E-state index contributed by atoms with van der Waals surface area (Å²) < 4.78 is 5.12. The lowest BCUT2D eigenvalue weighted by Gasteiger charge is -2.20. The summed E-state index contributed by atoms with van der Waals surface area (Å²) in [5.74, 6) is 2.47. The van der Waals surface area contributed by atoms with Crippen molar-refractivity contribution in [2.75, 3.05) is 11.9 Å². The van der Waals surface area contributed by atoms with E-state index >= 15 is 0 Å². The van der Waals surface area contributed by atoms with Gasteiger partial charge in [-0.25, -0.2) is 4.79 Å². The highest BCUT2D eigenvalue weighted by Crippen LogP contribution is 2.28. The summed E-state index contributed by atoms with van der Waals surface area (Å²) in [4.78, 5) is 22.3. The van der Waals surface area contributed by atoms with Crippen molar-refractivity contribution in [2.45, 2.75) is 58.5 Å². The predicted molar refractivity (Wildman–Crippen MR) is 102 cm³/mol. The molecule has 26 heavy (non-hydrogen) atoms. The summed E-state index contributed by atoms with van der Waals surface area (Å²) in [5, 5.41) is 17.0. The van der Waals surface area contributed by atoms with Crippen LogP contribution in [-0.4, -0.2) is 29.2 Å². The van der Waals surface area contributed by atoms with E-state index in [1.807, 2.05) is 27.7 Å². The van der Waals surface area contributed by atoms with Gasteiger partial charge >= 0.3 is 6.09 Å². The number of ether oxygens (including phenoxy) is 1. The second kappa shape index (κ2) is 9.66. The summed E-state index contributed by atoms with van der Waals surface area (Å²) in [6.45, 7) is 7.92. The van der Waals surface area contributed by atoms with Gasteiger partial charge in [0.05, 0.1) is 17.1 Å². The number of carbonyl (C=O) groups is 1. The Hall–Kier alpha value is -2.75. The third-order valence-corrected chi connectivity index (χ3v) is 3.53. The number of hydrogen-bond acceptors (Lipinski definition) is 5. The van der Waals surface area contributed by atoms with E-state index in [-0.39, 0.29) is 17.3 Å². The fraction of sp³-hybridized carbons (Fsp3) is 0.526. The molecule has 7 heteroatoms. The Balaban J connectivity index is 2.44. The van der Waals surface area contributed by atoms with Crippen molar-refractivity contribution in [3.05, 3.63) is 33.9 Å². The molecule has 1 aromatic carbocycles. The van der Waals surface area contributed by atoms with Crippen molar-refractivity contribution in [1.82, 2.24) is 5.32 Å². The Morgan fingerprint density at radius 1 is 1.38 bits per heavy atom. The lowest BCUT2D eigenvalue weighted by atomic mass is 10.1. The quantitative estimate of drug-likeness (QED) is 0.315. The minimum Gasteiger partial charge on any atom is -0.450 e. The number of anilines is 1. The third-order valence-electron chi connectivity index (χ3n) is 3.53. The van der Waals surface area contributed by atoms with E-state index in [4.69, 9.17) is 11.2 Å². The van der Waals surface area contributed by atoms with Crippen molar-refractivity contribution in [3.63, 3.8) is 0 Å². The lowest BCUT2D eigenvalue weighted by molar-refractivity contribution is -0.384. The summed E-state index contributed by atoms with van der Waals surface area (Å²) in [5.41, 5.74) is 0.477. The second-order valence-electron chi connectivity index (χ2n) is 7.15. The molecular formula is C19H27N3O4. The highest BCUT2D eigenvalue weighted by atomic mass is 16.6. The molecule has 0 heterocycles. The van der Waals surface area contributed by atoms with E-state index in [9.17, 15) is 14.9 Å². The zero-order valence-corrected chi connectivity index (χ0v) is 15.8. The van der Waals surface area contributed by atoms with E-state index in [2.05, 4.69) is 16.6 Å². The van der Waals surface area contributed by atoms with Crippen LogP contribution in [0, 0.1) is 22.5 Å². The van der Waals surface area contributed by atoms with Gasteiger partial charge in [0.15, 0.2) is 0 Å². The molecule has 2 N–H and O–H groups in total. The number of unbranched alkanes of at least 4 members (excludes halogenated alkanes) is 1. The number of benzene rings is 1. The van der Waals surface area contributed by atoms with Crippen molar-refractivity contribution in [1.29, 1.82) is 0 Å². The monoisotopic (exact) mass is 361 g/mol. The number of nitro benzene ring substituents is 1. The molecular weight excluding hydrogens is 334 g/mol. The van der Waals surface area contributed by atoms with Gasteiger partial charge in [-0.2, -0.15) is 0 Å². The van der Waals surface area contributed by atoms with Crippen molar-refractivity contribution in [3.8, 4) is 12.3 Å². The van der Waals surface area contributed by atoms with Crippen LogP contribution < -0.4 is 10.6 Å². The summed E-state index contributed by atoms with van der Waals surface area (Å²) in [6.07, 6.45) is 7.30. The van der Waals surface area contributed by atoms with E-state index < -0.39 is 11.0 Å². The van der Waals surface area contributed by atoms with Gasteiger partial charge in [0.25, 0.3) is 5.69 Å². The molecule has 1 amide bonds. The number of nitrogens with zero attached hydrogens (tertiary/aromatic N) is 1. The number of terminal acetylenes is 1. The summed E-state index contributed by atoms with van der Waals surface area (Å²) >= 11 is 0. The number of amides is 1. The number of nitrogens with one attached hydrogen (secondary N) is 2. The molecule has 7 nitrogen and oxygen atoms in total. The molecule has 1 rings (SSSR count). The first kappa shape index (κ1) is 21.3. The zero-order valence-electron chi connectivity index (χ0n) is 15.8. The molecule has 0 saturated carbocycles. The molecule has 0 saturated heterocycles. The average Bonchev–Trinajstić information content (AvgIpc) is 2.52. The molecule has 0 unspecified atom stereocenters. The number of carbonyl (C=O) groups excluding carboxylic acids is 1. The number of alkyl carbamates (subject to hydrolysis) is 1. The molecule has 0 aliphatic carbocycles. The Morgan fingerprint density at radius 2 is 2.08 bits per heavy atom. The predicted octanol–water partition coefficient (Wildman–Crippen LogP) is 4.07. The van der Waals surface area contributed by atoms with Crippen LogP contribution in [-0.2, 0) is 4.74 Å². The van der Waals surface area contributed by atoms with E-state index in [1.165, 1.54) is 6.07 Å². The van der Waals surface area contributed by atoms with Gasteiger partial charge < -0.3 is 15.4 Å². The molecule has 0 aromatic heterocycles. The molecule has 1 atom stereocenters. The summed E-state index contributed by atoms with van der Waals surface area (Å²) in [7, 11) is 0. The molecule has 1 aromatic rings. The highest BCUT2D eigenvalue weighted by molar-refractivity contribution is 5.71. The second-order valence-corrected chi connectivity index (χ2v) is 7.15. The molecule has 142 valence electrons. The third kappa shape index (κ3) is 7.43. The normalized spacial score (nSPS) is 12.0. The standard InChI is InChI=1S/C19H27N3O4/c1-6-15-11-9-12-16(22(24)25)17(15)20-14(2)10-7-8-13-26-18(23)21-19(3,4)5/h1,9,11-12,14,20H,7-8,10,13H2,2-5H3,(H,21,23)/t14-/m0/s1. The first-order valence-electron chi connectivity index (χ1n) is 8.59. The van der Waals surface area contributed by atoms with Gasteiger partial charge in [-0.1, -0.05) is 12.0 Å². The SMILES string of the molecule is C#Cc1cccc([N+](=O)[O-])c1N[C@@H](C)CCCCOC(=O)NC(C)(C)C. The van der Waals surface area contributed by atoms with Gasteiger partial charge in [0.1, 0.15) is 5.69 Å². The largest absolute Gasteiger partial charge is 0.450 e.